The van der Waals surface area contributed by atoms with Crippen molar-refractivity contribution in [3.63, 3.8) is 0 Å². The van der Waals surface area contributed by atoms with Gasteiger partial charge in [-0.2, -0.15) is 0 Å². The van der Waals surface area contributed by atoms with Crippen molar-refractivity contribution < 1.29 is 49.4 Å². The molecule has 0 saturated carbocycles. The van der Waals surface area contributed by atoms with Gasteiger partial charge in [0.2, 0.25) is 5.60 Å². The molecule has 0 aliphatic carbocycles. The van der Waals surface area contributed by atoms with Gasteiger partial charge in [-0.15, -0.1) is 0 Å². The first-order valence-electron chi connectivity index (χ1n) is 21.1. The molecule has 0 fully saturated rings. The smallest absolute Gasteiger partial charge is 0.305 e. The van der Waals surface area contributed by atoms with Crippen LogP contribution in [0.4, 0.5) is 0 Å². The van der Waals surface area contributed by atoms with Crippen molar-refractivity contribution in [3.05, 3.63) is 0 Å². The summed E-state index contributed by atoms with van der Waals surface area (Å²) in [5.41, 5.74) is -10.4. The second-order valence-corrected chi connectivity index (χ2v) is 15.0. The molecule has 0 radical (unpaired) electrons. The summed E-state index contributed by atoms with van der Waals surface area (Å²) in [5, 5.41) is 58.5. The maximum Gasteiger partial charge on any atom is 0.305 e. The van der Waals surface area contributed by atoms with Crippen LogP contribution in [0.5, 0.6) is 0 Å². The molecule has 306 valence electrons. The van der Waals surface area contributed by atoms with Crippen LogP contribution < -0.4 is 0 Å². The number of ketones is 3. The third-order valence-corrected chi connectivity index (χ3v) is 10.5. The number of Topliss-reactive ketones (excluding diaryl/α,β-unsaturated/α-hetero) is 3. The Kier molecular flexibility index (Phi) is 28.6. The van der Waals surface area contributed by atoms with Gasteiger partial charge in [-0.1, -0.05) is 156 Å². The number of aliphatic hydroxyl groups is 5. The zero-order valence-electron chi connectivity index (χ0n) is 33.6. The van der Waals surface area contributed by atoms with Crippen LogP contribution >= 0.6 is 0 Å². The fraction of sp³-hybridized carbons (Fsp3) is 0.905. The predicted octanol–water partition coefficient (Wildman–Crippen LogP) is 7.79. The van der Waals surface area contributed by atoms with E-state index in [0.29, 0.717) is 25.7 Å². The lowest BCUT2D eigenvalue weighted by molar-refractivity contribution is -0.259. The van der Waals surface area contributed by atoms with E-state index in [1.165, 1.54) is 0 Å². The number of esters is 1. The zero-order valence-corrected chi connectivity index (χ0v) is 33.6. The number of carbonyl (C=O) groups is 4. The molecule has 0 aromatic carbocycles. The molecule has 0 aromatic rings. The van der Waals surface area contributed by atoms with Crippen molar-refractivity contribution in [2.75, 3.05) is 13.2 Å². The Morgan fingerprint density at radius 2 is 0.808 bits per heavy atom. The van der Waals surface area contributed by atoms with Crippen LogP contribution in [0.3, 0.4) is 0 Å². The number of unbranched alkanes of at least 4 members (excludes halogenated alkanes) is 20. The van der Waals surface area contributed by atoms with E-state index in [-0.39, 0.29) is 38.5 Å². The lowest BCUT2D eigenvalue weighted by Gasteiger charge is -2.50. The summed E-state index contributed by atoms with van der Waals surface area (Å²) in [6.07, 6.45) is 15.7. The van der Waals surface area contributed by atoms with Crippen molar-refractivity contribution in [3.8, 4) is 0 Å². The van der Waals surface area contributed by atoms with Gasteiger partial charge in [-0.05, 0) is 25.7 Å². The molecular weight excluding hydrogens is 664 g/mol. The van der Waals surface area contributed by atoms with E-state index in [1.807, 2.05) is 0 Å². The van der Waals surface area contributed by atoms with E-state index >= 15 is 0 Å². The van der Waals surface area contributed by atoms with Crippen LogP contribution in [-0.2, 0) is 23.9 Å². The molecule has 10 nitrogen and oxygen atoms in total. The molecule has 0 heterocycles. The van der Waals surface area contributed by atoms with Crippen LogP contribution in [-0.4, -0.2) is 85.0 Å². The molecule has 0 amide bonds. The van der Waals surface area contributed by atoms with Gasteiger partial charge in [0.25, 0.3) is 0 Å². The molecule has 0 bridgehead atoms. The van der Waals surface area contributed by atoms with Gasteiger partial charge >= 0.3 is 5.97 Å². The molecule has 10 heteroatoms. The Labute approximate surface area is 315 Å². The highest BCUT2D eigenvalue weighted by molar-refractivity contribution is 6.06. The number of ether oxygens (including phenoxy) is 1. The van der Waals surface area contributed by atoms with Gasteiger partial charge in [0.05, 0.1) is 6.61 Å². The second kappa shape index (κ2) is 29.6. The highest BCUT2D eigenvalue weighted by atomic mass is 16.5. The molecule has 5 N–H and O–H groups in total. The summed E-state index contributed by atoms with van der Waals surface area (Å²) < 4.78 is 5.42. The Bertz CT molecular complexity index is 970. The van der Waals surface area contributed by atoms with Crippen LogP contribution in [0.1, 0.15) is 207 Å². The summed E-state index contributed by atoms with van der Waals surface area (Å²) in [5.74, 6) is -4.24. The minimum Gasteiger partial charge on any atom is -0.462 e. The Hall–Kier alpha value is -1.72. The van der Waals surface area contributed by atoms with Crippen LogP contribution in [0.25, 0.3) is 0 Å². The Morgan fingerprint density at radius 1 is 0.481 bits per heavy atom. The van der Waals surface area contributed by atoms with Crippen LogP contribution in [0.15, 0.2) is 0 Å². The van der Waals surface area contributed by atoms with Gasteiger partial charge in [-0.25, -0.2) is 0 Å². The van der Waals surface area contributed by atoms with Crippen molar-refractivity contribution in [1.82, 2.24) is 0 Å². The summed E-state index contributed by atoms with van der Waals surface area (Å²) in [7, 11) is 0. The average Bonchev–Trinajstić information content (AvgIpc) is 3.14. The van der Waals surface area contributed by atoms with Crippen LogP contribution in [0, 0.1) is 0 Å². The standard InChI is InChI=1S/C42H78O10/c1-5-9-13-17-21-25-29-35(44)40(49,34-52-39(48)32-28-24-20-16-12-8-4)42(51,37(46)31-27-23-19-15-11-7-3)41(50,38(47)33-43)36(45)30-26-22-18-14-10-6-2/h38,43,47,49-51H,5-34H2,1-4H3. The lowest BCUT2D eigenvalue weighted by Crippen LogP contribution is -2.81. The summed E-state index contributed by atoms with van der Waals surface area (Å²) in [4.78, 5) is 55.4. The monoisotopic (exact) mass is 743 g/mol. The number of rotatable bonds is 37. The quantitative estimate of drug-likeness (QED) is 0.0312. The Morgan fingerprint density at radius 3 is 1.19 bits per heavy atom. The molecular formula is C42H78O10. The fourth-order valence-corrected chi connectivity index (χ4v) is 6.99. The van der Waals surface area contributed by atoms with Crippen molar-refractivity contribution in [1.29, 1.82) is 0 Å². The number of carbonyl (C=O) groups excluding carboxylic acids is 4. The molecule has 0 rings (SSSR count). The van der Waals surface area contributed by atoms with Crippen molar-refractivity contribution in [2.45, 2.75) is 230 Å². The molecule has 52 heavy (non-hydrogen) atoms. The number of hydrogen-bond donors (Lipinski definition) is 5. The first-order valence-corrected chi connectivity index (χ1v) is 21.1. The molecule has 4 unspecified atom stereocenters. The SMILES string of the molecule is CCCCCCCCC(=O)OCC(O)(C(=O)CCCCCCCC)C(O)(C(=O)CCCCCCCC)C(O)(C(=O)CCCCCCCC)C(O)CO. The normalized spacial score (nSPS) is 15.7. The number of aliphatic hydroxyl groups excluding tert-OH is 2. The van der Waals surface area contributed by atoms with Crippen LogP contribution in [0.2, 0.25) is 0 Å². The average molecular weight is 743 g/mol. The highest BCUT2D eigenvalue weighted by Gasteiger charge is 2.73. The molecule has 0 saturated heterocycles. The summed E-state index contributed by atoms with van der Waals surface area (Å²) >= 11 is 0. The topological polar surface area (TPSA) is 179 Å². The predicted molar refractivity (Wildman–Crippen MR) is 206 cm³/mol. The second-order valence-electron chi connectivity index (χ2n) is 15.0. The van der Waals surface area contributed by atoms with E-state index < -0.39 is 65.9 Å². The minimum absolute atomic E-state index is 0.0293. The molecule has 0 aliphatic heterocycles. The highest BCUT2D eigenvalue weighted by Crippen LogP contribution is 2.42. The van der Waals surface area contributed by atoms with Gasteiger partial charge in [0.1, 0.15) is 12.7 Å². The third kappa shape index (κ3) is 16.7. The lowest BCUT2D eigenvalue weighted by atomic mass is 9.61. The van der Waals surface area contributed by atoms with Gasteiger partial charge in [0.15, 0.2) is 28.6 Å². The maximum absolute atomic E-state index is 14.3. The minimum atomic E-state index is -3.62. The van der Waals surface area contributed by atoms with E-state index in [1.54, 1.807) is 0 Å². The van der Waals surface area contributed by atoms with E-state index in [9.17, 15) is 44.7 Å². The number of hydrogen-bond acceptors (Lipinski definition) is 10. The maximum atomic E-state index is 14.3. The van der Waals surface area contributed by atoms with Gasteiger partial charge in [0, 0.05) is 25.7 Å². The molecule has 4 atom stereocenters. The summed E-state index contributed by atoms with van der Waals surface area (Å²) in [6, 6.07) is 0. The van der Waals surface area contributed by atoms with Gasteiger partial charge < -0.3 is 30.3 Å². The Balaban J connectivity index is 6.78. The molecule has 0 aromatic heterocycles. The summed E-state index contributed by atoms with van der Waals surface area (Å²) in [6.45, 7) is 5.89. The van der Waals surface area contributed by atoms with Crippen molar-refractivity contribution >= 4 is 23.3 Å². The molecule has 0 aliphatic rings. The largest absolute Gasteiger partial charge is 0.462 e. The zero-order chi connectivity index (χ0) is 39.3. The first kappa shape index (κ1) is 50.3. The fourth-order valence-electron chi connectivity index (χ4n) is 6.99. The van der Waals surface area contributed by atoms with E-state index in [2.05, 4.69) is 27.7 Å². The van der Waals surface area contributed by atoms with E-state index in [4.69, 9.17) is 4.74 Å². The first-order chi connectivity index (χ1) is 24.9. The van der Waals surface area contributed by atoms with Gasteiger partial charge in [-0.3, -0.25) is 19.2 Å². The van der Waals surface area contributed by atoms with Crippen molar-refractivity contribution in [2.24, 2.45) is 0 Å². The molecule has 0 spiro atoms. The van der Waals surface area contributed by atoms with E-state index in [0.717, 1.165) is 109 Å². The third-order valence-electron chi connectivity index (χ3n) is 10.5.